The van der Waals surface area contributed by atoms with Gasteiger partial charge in [-0.05, 0) is 49.2 Å². The number of hydrogen-bond acceptors (Lipinski definition) is 2. The number of halogens is 1. The fraction of sp³-hybridized carbons (Fsp3) is 0.143. The summed E-state index contributed by atoms with van der Waals surface area (Å²) < 4.78 is 12.9. The summed E-state index contributed by atoms with van der Waals surface area (Å²) in [6.45, 7) is 4.11. The molecule has 0 unspecified atom stereocenters. The van der Waals surface area contributed by atoms with Crippen molar-refractivity contribution >= 4 is 17.4 Å². The van der Waals surface area contributed by atoms with Gasteiger partial charge in [0.2, 0.25) is 0 Å². The zero-order chi connectivity index (χ0) is 12.4. The van der Waals surface area contributed by atoms with Crippen molar-refractivity contribution in [1.82, 2.24) is 0 Å². The van der Waals surface area contributed by atoms with Crippen LogP contribution in [0.1, 0.15) is 11.1 Å². The van der Waals surface area contributed by atoms with Crippen LogP contribution in [0.5, 0.6) is 0 Å². The molecule has 0 amide bonds. The monoisotopic (exact) mass is 247 g/mol. The van der Waals surface area contributed by atoms with Crippen molar-refractivity contribution in [1.29, 1.82) is 0 Å². The molecule has 0 spiro atoms. The van der Waals surface area contributed by atoms with Crippen LogP contribution in [-0.2, 0) is 0 Å². The Morgan fingerprint density at radius 2 is 1.76 bits per heavy atom. The number of nitrogen functional groups attached to an aromatic ring is 1. The number of benzene rings is 2. The van der Waals surface area contributed by atoms with E-state index in [1.54, 1.807) is 17.8 Å². The Morgan fingerprint density at radius 3 is 2.47 bits per heavy atom. The van der Waals surface area contributed by atoms with E-state index in [0.717, 1.165) is 9.79 Å². The molecule has 2 rings (SSSR count). The lowest BCUT2D eigenvalue weighted by atomic mass is 10.2. The molecule has 3 heteroatoms. The van der Waals surface area contributed by atoms with E-state index in [9.17, 15) is 4.39 Å². The second-order valence-electron chi connectivity index (χ2n) is 4.05. The van der Waals surface area contributed by atoms with Gasteiger partial charge >= 0.3 is 0 Å². The van der Waals surface area contributed by atoms with Gasteiger partial charge in [0.25, 0.3) is 0 Å². The first kappa shape index (κ1) is 12.0. The van der Waals surface area contributed by atoms with Gasteiger partial charge in [-0.15, -0.1) is 0 Å². The van der Waals surface area contributed by atoms with Crippen molar-refractivity contribution in [3.63, 3.8) is 0 Å². The Labute approximate surface area is 105 Å². The fourth-order valence-electron chi connectivity index (χ4n) is 1.55. The van der Waals surface area contributed by atoms with Gasteiger partial charge in [-0.2, -0.15) is 0 Å². The molecule has 2 N–H and O–H groups in total. The summed E-state index contributed by atoms with van der Waals surface area (Å²) in [7, 11) is 0. The minimum Gasteiger partial charge on any atom is -0.398 e. The van der Waals surface area contributed by atoms with Crippen LogP contribution in [0.15, 0.2) is 46.2 Å². The van der Waals surface area contributed by atoms with Crippen molar-refractivity contribution in [3.8, 4) is 0 Å². The molecule has 0 saturated heterocycles. The fourth-order valence-corrected chi connectivity index (χ4v) is 2.57. The van der Waals surface area contributed by atoms with E-state index >= 15 is 0 Å². The largest absolute Gasteiger partial charge is 0.398 e. The van der Waals surface area contributed by atoms with Gasteiger partial charge in [0, 0.05) is 15.5 Å². The van der Waals surface area contributed by atoms with E-state index in [4.69, 9.17) is 5.73 Å². The summed E-state index contributed by atoms with van der Waals surface area (Å²) in [6, 6.07) is 10.8. The van der Waals surface area contributed by atoms with Crippen LogP contribution >= 0.6 is 11.8 Å². The third-order valence-electron chi connectivity index (χ3n) is 2.54. The third kappa shape index (κ3) is 2.80. The molecular formula is C14H14FNS. The topological polar surface area (TPSA) is 26.0 Å². The van der Waals surface area contributed by atoms with E-state index in [1.807, 2.05) is 0 Å². The highest BCUT2D eigenvalue weighted by Crippen LogP contribution is 2.34. The standard InChI is InChI=1S/C14H14FNS/c1-9-3-4-10(2)14(7-9)17-13-6-5-11(15)8-12(13)16/h3-8H,16H2,1-2H3. The van der Waals surface area contributed by atoms with Crippen molar-refractivity contribution in [2.45, 2.75) is 23.6 Å². The van der Waals surface area contributed by atoms with Crippen LogP contribution in [0.25, 0.3) is 0 Å². The maximum Gasteiger partial charge on any atom is 0.125 e. The van der Waals surface area contributed by atoms with Crippen LogP contribution in [0.2, 0.25) is 0 Å². The minimum atomic E-state index is -0.298. The smallest absolute Gasteiger partial charge is 0.125 e. The Bertz CT molecular complexity index is 552. The highest BCUT2D eigenvalue weighted by molar-refractivity contribution is 7.99. The van der Waals surface area contributed by atoms with Gasteiger partial charge in [-0.3, -0.25) is 0 Å². The van der Waals surface area contributed by atoms with E-state index in [1.165, 1.54) is 23.3 Å². The number of aryl methyl sites for hydroxylation is 2. The molecule has 1 nitrogen and oxygen atoms in total. The van der Waals surface area contributed by atoms with Crippen molar-refractivity contribution in [2.75, 3.05) is 5.73 Å². The molecule has 17 heavy (non-hydrogen) atoms. The zero-order valence-electron chi connectivity index (χ0n) is 9.83. The van der Waals surface area contributed by atoms with Crippen LogP contribution in [-0.4, -0.2) is 0 Å². The molecule has 0 radical (unpaired) electrons. The normalized spacial score (nSPS) is 10.5. The molecule has 0 atom stereocenters. The summed E-state index contributed by atoms with van der Waals surface area (Å²) in [5.41, 5.74) is 8.68. The zero-order valence-corrected chi connectivity index (χ0v) is 10.6. The molecule has 0 aliphatic rings. The first-order valence-corrected chi connectivity index (χ1v) is 6.18. The van der Waals surface area contributed by atoms with Crippen molar-refractivity contribution in [3.05, 3.63) is 53.3 Å². The molecular weight excluding hydrogens is 233 g/mol. The van der Waals surface area contributed by atoms with Crippen LogP contribution in [0.3, 0.4) is 0 Å². The average Bonchev–Trinajstić information content (AvgIpc) is 2.27. The molecule has 88 valence electrons. The van der Waals surface area contributed by atoms with Gasteiger partial charge in [0.05, 0.1) is 0 Å². The first-order chi connectivity index (χ1) is 8.06. The van der Waals surface area contributed by atoms with Gasteiger partial charge < -0.3 is 5.73 Å². The lowest BCUT2D eigenvalue weighted by Gasteiger charge is -2.08. The van der Waals surface area contributed by atoms with Crippen molar-refractivity contribution < 1.29 is 4.39 Å². The highest BCUT2D eigenvalue weighted by Gasteiger charge is 2.05. The SMILES string of the molecule is Cc1ccc(C)c(Sc2ccc(F)cc2N)c1. The molecule has 0 bridgehead atoms. The number of anilines is 1. The summed E-state index contributed by atoms with van der Waals surface area (Å²) in [6.07, 6.45) is 0. The number of hydrogen-bond donors (Lipinski definition) is 1. The van der Waals surface area contributed by atoms with Gasteiger partial charge in [0.1, 0.15) is 5.82 Å². The minimum absolute atomic E-state index is 0.298. The van der Waals surface area contributed by atoms with E-state index in [-0.39, 0.29) is 5.82 Å². The van der Waals surface area contributed by atoms with Crippen molar-refractivity contribution in [2.24, 2.45) is 0 Å². The quantitative estimate of drug-likeness (QED) is 0.806. The summed E-state index contributed by atoms with van der Waals surface area (Å²) in [5, 5.41) is 0. The lowest BCUT2D eigenvalue weighted by Crippen LogP contribution is -1.90. The molecule has 0 heterocycles. The molecule has 0 fully saturated rings. The Kier molecular flexibility index (Phi) is 3.38. The maximum absolute atomic E-state index is 12.9. The van der Waals surface area contributed by atoms with E-state index < -0.39 is 0 Å². The average molecular weight is 247 g/mol. The summed E-state index contributed by atoms with van der Waals surface area (Å²) in [4.78, 5) is 2.04. The van der Waals surface area contributed by atoms with Gasteiger partial charge in [-0.1, -0.05) is 23.9 Å². The molecule has 0 aliphatic heterocycles. The molecule has 2 aromatic carbocycles. The predicted molar refractivity (Wildman–Crippen MR) is 70.9 cm³/mol. The van der Waals surface area contributed by atoms with Crippen LogP contribution < -0.4 is 5.73 Å². The molecule has 0 aliphatic carbocycles. The van der Waals surface area contributed by atoms with E-state index in [0.29, 0.717) is 5.69 Å². The molecule has 0 saturated carbocycles. The van der Waals surface area contributed by atoms with Gasteiger partial charge in [-0.25, -0.2) is 4.39 Å². The highest BCUT2D eigenvalue weighted by atomic mass is 32.2. The molecule has 2 aromatic rings. The lowest BCUT2D eigenvalue weighted by molar-refractivity contribution is 0.627. The predicted octanol–water partition coefficient (Wildman–Crippen LogP) is 4.18. The number of rotatable bonds is 2. The third-order valence-corrected chi connectivity index (χ3v) is 3.79. The number of nitrogens with two attached hydrogens (primary N) is 1. The Hall–Kier alpha value is -1.48. The van der Waals surface area contributed by atoms with Crippen LogP contribution in [0.4, 0.5) is 10.1 Å². The molecule has 0 aromatic heterocycles. The summed E-state index contributed by atoms with van der Waals surface area (Å²) >= 11 is 1.57. The summed E-state index contributed by atoms with van der Waals surface area (Å²) in [5.74, 6) is -0.298. The first-order valence-electron chi connectivity index (χ1n) is 5.36. The second-order valence-corrected chi connectivity index (χ2v) is 5.14. The van der Waals surface area contributed by atoms with E-state index in [2.05, 4.69) is 32.0 Å². The Balaban J connectivity index is 2.34. The second kappa shape index (κ2) is 4.80. The van der Waals surface area contributed by atoms with Gasteiger partial charge in [0.15, 0.2) is 0 Å². The maximum atomic E-state index is 12.9. The Morgan fingerprint density at radius 1 is 1.00 bits per heavy atom. The van der Waals surface area contributed by atoms with Crippen LogP contribution in [0, 0.1) is 19.7 Å².